The monoisotopic (exact) mass is 307 g/mol. The first-order valence-electron chi connectivity index (χ1n) is 7.90. The molecule has 118 valence electrons. The molecule has 0 aromatic heterocycles. The zero-order valence-corrected chi connectivity index (χ0v) is 13.3. The first kappa shape index (κ1) is 15.3. The van der Waals surface area contributed by atoms with Gasteiger partial charge in [-0.05, 0) is 17.0 Å². The maximum atomic E-state index is 12.5. The van der Waals surface area contributed by atoms with E-state index in [-0.39, 0.29) is 24.1 Å². The van der Waals surface area contributed by atoms with Gasteiger partial charge >= 0.3 is 6.09 Å². The molecule has 0 radical (unpaired) electrons. The minimum absolute atomic E-state index is 0.0729. The van der Waals surface area contributed by atoms with Crippen molar-refractivity contribution in [1.82, 2.24) is 4.90 Å². The molecule has 2 aromatic carbocycles. The minimum atomic E-state index is -0.263. The molecule has 0 aliphatic carbocycles. The van der Waals surface area contributed by atoms with Crippen molar-refractivity contribution in [2.24, 2.45) is 5.92 Å². The largest absolute Gasteiger partial charge is 0.447 e. The molecule has 2 aromatic rings. The van der Waals surface area contributed by atoms with Crippen molar-refractivity contribution in [2.45, 2.75) is 19.0 Å². The molecule has 3 atom stereocenters. The lowest BCUT2D eigenvalue weighted by atomic mass is 9.91. The molecule has 3 nitrogen and oxygen atoms in total. The summed E-state index contributed by atoms with van der Waals surface area (Å²) in [4.78, 5) is 14.3. The summed E-state index contributed by atoms with van der Waals surface area (Å²) >= 11 is 0. The fourth-order valence-electron chi connectivity index (χ4n) is 3.17. The predicted molar refractivity (Wildman–Crippen MR) is 90.9 cm³/mol. The first-order valence-corrected chi connectivity index (χ1v) is 7.90. The van der Waals surface area contributed by atoms with Crippen LogP contribution in [0.25, 0.3) is 0 Å². The van der Waals surface area contributed by atoms with Crippen LogP contribution >= 0.6 is 0 Å². The molecule has 0 spiro atoms. The third-order valence-electron chi connectivity index (χ3n) is 4.41. The highest BCUT2D eigenvalue weighted by atomic mass is 16.6. The van der Waals surface area contributed by atoms with Gasteiger partial charge < -0.3 is 4.74 Å². The van der Waals surface area contributed by atoms with E-state index in [0.717, 1.165) is 11.1 Å². The van der Waals surface area contributed by atoms with Crippen molar-refractivity contribution >= 4 is 6.09 Å². The van der Waals surface area contributed by atoms with Crippen LogP contribution in [0.5, 0.6) is 0 Å². The Morgan fingerprint density at radius 2 is 1.74 bits per heavy atom. The standard InChI is InChI=1S/C20H21NO2/c1-3-15(2)19(17-12-8-5-9-13-17)21-18(14-23-20(21)22)16-10-6-4-7-11-16/h3-13,15,18-19H,1,14H2,2H3/t15-,18-,19+/m0/s1. The number of cyclic esters (lactones) is 1. The van der Waals surface area contributed by atoms with E-state index >= 15 is 0 Å². The molecule has 1 heterocycles. The Labute approximate surface area is 137 Å². The second-order valence-corrected chi connectivity index (χ2v) is 5.86. The third-order valence-corrected chi connectivity index (χ3v) is 4.41. The molecule has 0 saturated carbocycles. The Kier molecular flexibility index (Phi) is 4.47. The van der Waals surface area contributed by atoms with Crippen LogP contribution in [0.4, 0.5) is 4.79 Å². The summed E-state index contributed by atoms with van der Waals surface area (Å²) in [6, 6.07) is 20.0. The van der Waals surface area contributed by atoms with Crippen LogP contribution < -0.4 is 0 Å². The number of benzene rings is 2. The van der Waals surface area contributed by atoms with E-state index in [1.807, 2.05) is 59.5 Å². The molecule has 1 fully saturated rings. The molecule has 0 bridgehead atoms. The molecule has 23 heavy (non-hydrogen) atoms. The molecular weight excluding hydrogens is 286 g/mol. The van der Waals surface area contributed by atoms with Crippen LogP contribution in [-0.2, 0) is 4.74 Å². The molecule has 0 N–H and O–H groups in total. The lowest BCUT2D eigenvalue weighted by Gasteiger charge is -2.34. The van der Waals surface area contributed by atoms with Crippen LogP contribution in [0.15, 0.2) is 73.3 Å². The number of hydrogen-bond acceptors (Lipinski definition) is 2. The van der Waals surface area contributed by atoms with E-state index in [1.165, 1.54) is 0 Å². The van der Waals surface area contributed by atoms with Gasteiger partial charge in [-0.2, -0.15) is 0 Å². The van der Waals surface area contributed by atoms with Crippen LogP contribution in [-0.4, -0.2) is 17.6 Å². The highest BCUT2D eigenvalue weighted by molar-refractivity contribution is 5.71. The normalized spacial score (nSPS) is 20.0. The summed E-state index contributed by atoms with van der Waals surface area (Å²) in [5.74, 6) is 0.120. The lowest BCUT2D eigenvalue weighted by Crippen LogP contribution is -2.35. The highest BCUT2D eigenvalue weighted by Crippen LogP contribution is 2.39. The molecule has 1 saturated heterocycles. The van der Waals surface area contributed by atoms with Gasteiger partial charge in [0.15, 0.2) is 0 Å². The number of carbonyl (C=O) groups is 1. The van der Waals surface area contributed by atoms with Gasteiger partial charge in [-0.25, -0.2) is 4.79 Å². The number of ether oxygens (including phenoxy) is 1. The topological polar surface area (TPSA) is 29.5 Å². The Balaban J connectivity index is 2.02. The highest BCUT2D eigenvalue weighted by Gasteiger charge is 2.41. The summed E-state index contributed by atoms with van der Waals surface area (Å²) in [5, 5.41) is 0. The minimum Gasteiger partial charge on any atom is -0.447 e. The second-order valence-electron chi connectivity index (χ2n) is 5.86. The van der Waals surface area contributed by atoms with Gasteiger partial charge in [0.2, 0.25) is 0 Å². The van der Waals surface area contributed by atoms with Crippen LogP contribution in [0.3, 0.4) is 0 Å². The van der Waals surface area contributed by atoms with Gasteiger partial charge in [-0.15, -0.1) is 6.58 Å². The molecule has 3 heteroatoms. The first-order chi connectivity index (χ1) is 11.2. The van der Waals surface area contributed by atoms with E-state index in [0.29, 0.717) is 6.61 Å². The lowest BCUT2D eigenvalue weighted by molar-refractivity contribution is 0.134. The fraction of sp³-hybridized carbons (Fsp3) is 0.250. The van der Waals surface area contributed by atoms with E-state index in [2.05, 4.69) is 25.6 Å². The number of rotatable bonds is 5. The van der Waals surface area contributed by atoms with Crippen molar-refractivity contribution in [3.05, 3.63) is 84.4 Å². The summed E-state index contributed by atoms with van der Waals surface area (Å²) < 4.78 is 5.38. The maximum absolute atomic E-state index is 12.5. The second kappa shape index (κ2) is 6.69. The van der Waals surface area contributed by atoms with E-state index < -0.39 is 0 Å². The van der Waals surface area contributed by atoms with Crippen LogP contribution in [0, 0.1) is 5.92 Å². The summed E-state index contributed by atoms with van der Waals surface area (Å²) in [6.45, 7) is 6.39. The van der Waals surface area contributed by atoms with Crippen molar-refractivity contribution in [1.29, 1.82) is 0 Å². The predicted octanol–water partition coefficient (Wildman–Crippen LogP) is 4.74. The van der Waals surface area contributed by atoms with E-state index in [4.69, 9.17) is 4.74 Å². The van der Waals surface area contributed by atoms with Crippen molar-refractivity contribution < 1.29 is 9.53 Å². The fourth-order valence-corrected chi connectivity index (χ4v) is 3.17. The average Bonchev–Trinajstić information content (AvgIpc) is 2.98. The van der Waals surface area contributed by atoms with Gasteiger partial charge in [0, 0.05) is 0 Å². The SMILES string of the molecule is C=C[C@H](C)[C@H](c1ccccc1)N1C(=O)OC[C@H]1c1ccccc1. The smallest absolute Gasteiger partial charge is 0.411 e. The molecule has 1 amide bonds. The maximum Gasteiger partial charge on any atom is 0.411 e. The number of amides is 1. The number of hydrogen-bond donors (Lipinski definition) is 0. The summed E-state index contributed by atoms with van der Waals surface area (Å²) in [7, 11) is 0. The van der Waals surface area contributed by atoms with Crippen molar-refractivity contribution in [2.75, 3.05) is 6.61 Å². The Morgan fingerprint density at radius 3 is 2.35 bits per heavy atom. The zero-order valence-electron chi connectivity index (χ0n) is 13.3. The van der Waals surface area contributed by atoms with Gasteiger partial charge in [0.05, 0.1) is 12.1 Å². The van der Waals surface area contributed by atoms with E-state index in [9.17, 15) is 4.79 Å². The van der Waals surface area contributed by atoms with Crippen molar-refractivity contribution in [3.8, 4) is 0 Å². The average molecular weight is 307 g/mol. The molecular formula is C20H21NO2. The van der Waals surface area contributed by atoms with Gasteiger partial charge in [-0.3, -0.25) is 4.90 Å². The van der Waals surface area contributed by atoms with Gasteiger partial charge in [0.1, 0.15) is 6.61 Å². The number of carbonyl (C=O) groups excluding carboxylic acids is 1. The Morgan fingerprint density at radius 1 is 1.13 bits per heavy atom. The zero-order chi connectivity index (χ0) is 16.2. The quantitative estimate of drug-likeness (QED) is 0.746. The Bertz CT molecular complexity index is 669. The van der Waals surface area contributed by atoms with Gasteiger partial charge in [0.25, 0.3) is 0 Å². The molecule has 0 unspecified atom stereocenters. The van der Waals surface area contributed by atoms with Crippen LogP contribution in [0.1, 0.15) is 30.1 Å². The molecule has 3 rings (SSSR count). The number of nitrogens with zero attached hydrogens (tertiary/aromatic N) is 1. The van der Waals surface area contributed by atoms with Crippen molar-refractivity contribution in [3.63, 3.8) is 0 Å². The Hall–Kier alpha value is -2.55. The molecule has 1 aliphatic heterocycles. The van der Waals surface area contributed by atoms with Crippen LogP contribution in [0.2, 0.25) is 0 Å². The van der Waals surface area contributed by atoms with E-state index in [1.54, 1.807) is 0 Å². The molecule has 1 aliphatic rings. The van der Waals surface area contributed by atoms with Gasteiger partial charge in [-0.1, -0.05) is 73.7 Å². The summed E-state index contributed by atoms with van der Waals surface area (Å²) in [5.41, 5.74) is 2.19. The summed E-state index contributed by atoms with van der Waals surface area (Å²) in [6.07, 6.45) is 1.63. The third kappa shape index (κ3) is 3.00.